The molecule has 1 heterocycles. The van der Waals surface area contributed by atoms with Crippen molar-refractivity contribution in [1.29, 1.82) is 0 Å². The van der Waals surface area contributed by atoms with E-state index in [2.05, 4.69) is 11.2 Å². The van der Waals surface area contributed by atoms with Gasteiger partial charge in [0, 0.05) is 18.5 Å². The molecule has 1 aliphatic heterocycles. The molecule has 2 atom stereocenters. The van der Waals surface area contributed by atoms with Gasteiger partial charge in [-0.15, -0.1) is 12.3 Å². The lowest BCUT2D eigenvalue weighted by molar-refractivity contribution is 0.433. The molecule has 80 valence electrons. The normalized spacial score (nSPS) is 27.9. The smallest absolute Gasteiger partial charge is 0.151 e. The Morgan fingerprint density at radius 1 is 1.64 bits per heavy atom. The highest BCUT2D eigenvalue weighted by atomic mass is 32.2. The first kappa shape index (κ1) is 11.5. The van der Waals surface area contributed by atoms with E-state index in [9.17, 15) is 8.42 Å². The number of hydrogen-bond acceptors (Lipinski definition) is 3. The fraction of sp³-hybridized carbons (Fsp3) is 0.800. The molecule has 4 heteroatoms. The molecule has 0 aliphatic carbocycles. The third kappa shape index (κ3) is 3.69. The quantitative estimate of drug-likeness (QED) is 0.700. The van der Waals surface area contributed by atoms with Crippen LogP contribution in [0.15, 0.2) is 0 Å². The van der Waals surface area contributed by atoms with Crippen molar-refractivity contribution in [3.63, 3.8) is 0 Å². The fourth-order valence-corrected chi connectivity index (χ4v) is 3.44. The van der Waals surface area contributed by atoms with E-state index in [1.807, 2.05) is 6.92 Å². The second-order valence-electron chi connectivity index (χ2n) is 3.93. The lowest BCUT2D eigenvalue weighted by Crippen LogP contribution is -2.44. The molecule has 0 aromatic carbocycles. The molecule has 3 nitrogen and oxygen atoms in total. The molecule has 1 rings (SSSR count). The third-order valence-corrected chi connectivity index (χ3v) is 4.23. The van der Waals surface area contributed by atoms with Gasteiger partial charge in [0.05, 0.1) is 11.5 Å². The first-order chi connectivity index (χ1) is 6.53. The van der Waals surface area contributed by atoms with E-state index in [0.29, 0.717) is 12.2 Å². The maximum atomic E-state index is 11.3. The molecule has 1 aliphatic rings. The highest BCUT2D eigenvalue weighted by molar-refractivity contribution is 7.91. The minimum absolute atomic E-state index is 0.0945. The third-order valence-electron chi connectivity index (χ3n) is 2.41. The topological polar surface area (TPSA) is 46.2 Å². The second-order valence-corrected chi connectivity index (χ2v) is 6.16. The van der Waals surface area contributed by atoms with E-state index in [4.69, 9.17) is 6.42 Å². The van der Waals surface area contributed by atoms with Gasteiger partial charge in [0.2, 0.25) is 0 Å². The highest BCUT2D eigenvalue weighted by Gasteiger charge is 2.25. The van der Waals surface area contributed by atoms with Crippen molar-refractivity contribution >= 4 is 9.84 Å². The Morgan fingerprint density at radius 3 is 2.93 bits per heavy atom. The molecular formula is C10H17NO2S. The van der Waals surface area contributed by atoms with Gasteiger partial charge in [-0.2, -0.15) is 0 Å². The molecule has 0 bridgehead atoms. The summed E-state index contributed by atoms with van der Waals surface area (Å²) in [6.45, 7) is 1.99. The summed E-state index contributed by atoms with van der Waals surface area (Å²) in [5.41, 5.74) is 0. The number of rotatable bonds is 3. The minimum Gasteiger partial charge on any atom is -0.310 e. The van der Waals surface area contributed by atoms with E-state index < -0.39 is 9.84 Å². The van der Waals surface area contributed by atoms with Crippen molar-refractivity contribution in [2.45, 2.75) is 38.3 Å². The summed E-state index contributed by atoms with van der Waals surface area (Å²) < 4.78 is 22.6. The van der Waals surface area contributed by atoms with Gasteiger partial charge in [0.25, 0.3) is 0 Å². The van der Waals surface area contributed by atoms with Crippen LogP contribution in [0.1, 0.15) is 26.2 Å². The number of hydrogen-bond donors (Lipinski definition) is 1. The average molecular weight is 215 g/mol. The molecular weight excluding hydrogens is 198 g/mol. The van der Waals surface area contributed by atoms with Crippen LogP contribution in [0.25, 0.3) is 0 Å². The minimum atomic E-state index is -2.81. The van der Waals surface area contributed by atoms with Crippen molar-refractivity contribution in [1.82, 2.24) is 5.32 Å². The van der Waals surface area contributed by atoms with Crippen LogP contribution in [0, 0.1) is 12.3 Å². The average Bonchev–Trinajstić information content (AvgIpc) is 2.02. The summed E-state index contributed by atoms with van der Waals surface area (Å²) >= 11 is 0. The van der Waals surface area contributed by atoms with Gasteiger partial charge in [0.15, 0.2) is 9.84 Å². The summed E-state index contributed by atoms with van der Waals surface area (Å²) in [7, 11) is -2.81. The van der Waals surface area contributed by atoms with Crippen molar-refractivity contribution in [3.8, 4) is 12.3 Å². The number of terminal acetylenes is 1. The van der Waals surface area contributed by atoms with Gasteiger partial charge in [-0.3, -0.25) is 0 Å². The predicted octanol–water partition coefficient (Wildman–Crippen LogP) is 0.565. The first-order valence-corrected chi connectivity index (χ1v) is 6.75. The summed E-state index contributed by atoms with van der Waals surface area (Å²) in [5.74, 6) is 3.17. The summed E-state index contributed by atoms with van der Waals surface area (Å²) in [6, 6.07) is 0.301. The van der Waals surface area contributed by atoms with Crippen molar-refractivity contribution in [3.05, 3.63) is 0 Å². The van der Waals surface area contributed by atoms with Crippen molar-refractivity contribution in [2.75, 3.05) is 11.5 Å². The van der Waals surface area contributed by atoms with Crippen LogP contribution in [-0.4, -0.2) is 32.0 Å². The predicted molar refractivity (Wildman–Crippen MR) is 57.7 cm³/mol. The summed E-state index contributed by atoms with van der Waals surface area (Å²) in [6.07, 6.45) is 7.53. The largest absolute Gasteiger partial charge is 0.310 e. The van der Waals surface area contributed by atoms with E-state index in [1.54, 1.807) is 0 Å². The molecule has 0 spiro atoms. The van der Waals surface area contributed by atoms with Gasteiger partial charge in [0.1, 0.15) is 0 Å². The van der Waals surface area contributed by atoms with Crippen LogP contribution in [0.4, 0.5) is 0 Å². The second kappa shape index (κ2) is 4.81. The van der Waals surface area contributed by atoms with Gasteiger partial charge >= 0.3 is 0 Å². The van der Waals surface area contributed by atoms with Crippen LogP contribution in [0.3, 0.4) is 0 Å². The maximum absolute atomic E-state index is 11.3. The van der Waals surface area contributed by atoms with Crippen LogP contribution >= 0.6 is 0 Å². The van der Waals surface area contributed by atoms with E-state index in [1.165, 1.54) is 0 Å². The van der Waals surface area contributed by atoms with Crippen LogP contribution < -0.4 is 5.32 Å². The lowest BCUT2D eigenvalue weighted by atomic mass is 10.1. The molecule has 1 fully saturated rings. The SMILES string of the molecule is C#CCC(C)NC1CCCS(=O)(=O)C1. The first-order valence-electron chi connectivity index (χ1n) is 4.93. The molecule has 0 amide bonds. The lowest BCUT2D eigenvalue weighted by Gasteiger charge is -2.25. The standard InChI is InChI=1S/C10H17NO2S/c1-3-5-9(2)11-10-6-4-7-14(12,13)8-10/h1,9-11H,4-8H2,2H3. The molecule has 0 radical (unpaired) electrons. The fourth-order valence-electron chi connectivity index (χ4n) is 1.79. The van der Waals surface area contributed by atoms with Crippen LogP contribution in [-0.2, 0) is 9.84 Å². The van der Waals surface area contributed by atoms with Crippen molar-refractivity contribution < 1.29 is 8.42 Å². The molecule has 0 aromatic rings. The molecule has 0 saturated carbocycles. The monoisotopic (exact) mass is 215 g/mol. The zero-order valence-corrected chi connectivity index (χ0v) is 9.31. The van der Waals surface area contributed by atoms with Gasteiger partial charge < -0.3 is 5.32 Å². The number of nitrogens with one attached hydrogen (secondary N) is 1. The highest BCUT2D eigenvalue weighted by Crippen LogP contribution is 2.12. The van der Waals surface area contributed by atoms with E-state index in [0.717, 1.165) is 12.8 Å². The van der Waals surface area contributed by atoms with Crippen LogP contribution in [0.2, 0.25) is 0 Å². The molecule has 14 heavy (non-hydrogen) atoms. The maximum Gasteiger partial charge on any atom is 0.151 e. The Morgan fingerprint density at radius 2 is 2.36 bits per heavy atom. The van der Waals surface area contributed by atoms with Crippen molar-refractivity contribution in [2.24, 2.45) is 0 Å². The Labute approximate surface area is 86.2 Å². The Balaban J connectivity index is 2.43. The Bertz CT molecular complexity index is 316. The molecule has 1 saturated heterocycles. The van der Waals surface area contributed by atoms with Gasteiger partial charge in [-0.25, -0.2) is 8.42 Å². The zero-order chi connectivity index (χ0) is 10.6. The van der Waals surface area contributed by atoms with Crippen LogP contribution in [0.5, 0.6) is 0 Å². The van der Waals surface area contributed by atoms with Gasteiger partial charge in [-0.05, 0) is 19.8 Å². The number of sulfone groups is 1. The molecule has 1 N–H and O–H groups in total. The Hall–Kier alpha value is -0.530. The Kier molecular flexibility index (Phi) is 3.97. The molecule has 0 aromatic heterocycles. The zero-order valence-electron chi connectivity index (χ0n) is 8.49. The summed E-state index contributed by atoms with van der Waals surface area (Å²) in [4.78, 5) is 0. The van der Waals surface area contributed by atoms with E-state index >= 15 is 0 Å². The van der Waals surface area contributed by atoms with E-state index in [-0.39, 0.29) is 17.8 Å². The van der Waals surface area contributed by atoms with Gasteiger partial charge in [-0.1, -0.05) is 0 Å². The summed E-state index contributed by atoms with van der Waals surface area (Å²) in [5, 5.41) is 3.25. The molecule has 2 unspecified atom stereocenters.